The van der Waals surface area contributed by atoms with Gasteiger partial charge in [-0.05, 0) is 37.7 Å². The first-order valence-electron chi connectivity index (χ1n) is 9.37. The standard InChI is InChI=1S/C20H32N4O/c1-4-21-20(22-13-10-19(25)23(2)3)24-14-11-18(12-15-24)16-17-8-6-5-7-9-17/h5-9,18H,4,10-16H2,1-3H3,(H,21,22). The van der Waals surface area contributed by atoms with Crippen LogP contribution in [-0.2, 0) is 11.2 Å². The Morgan fingerprint density at radius 1 is 1.24 bits per heavy atom. The van der Waals surface area contributed by atoms with Gasteiger partial charge < -0.3 is 15.1 Å². The average molecular weight is 345 g/mol. The first kappa shape index (κ1) is 19.3. The molecule has 0 spiro atoms. The molecule has 1 N–H and O–H groups in total. The third-order valence-corrected chi connectivity index (χ3v) is 4.70. The molecule has 1 aliphatic rings. The van der Waals surface area contributed by atoms with E-state index in [0.29, 0.717) is 13.0 Å². The van der Waals surface area contributed by atoms with Gasteiger partial charge in [-0.2, -0.15) is 0 Å². The maximum atomic E-state index is 11.7. The Kier molecular flexibility index (Phi) is 7.76. The summed E-state index contributed by atoms with van der Waals surface area (Å²) < 4.78 is 0. The van der Waals surface area contributed by atoms with E-state index in [2.05, 4.69) is 52.5 Å². The van der Waals surface area contributed by atoms with Crippen LogP contribution in [0, 0.1) is 5.92 Å². The van der Waals surface area contributed by atoms with Gasteiger partial charge >= 0.3 is 0 Å². The van der Waals surface area contributed by atoms with Crippen LogP contribution in [0.25, 0.3) is 0 Å². The normalized spacial score (nSPS) is 16.0. The van der Waals surface area contributed by atoms with E-state index in [9.17, 15) is 4.79 Å². The Morgan fingerprint density at radius 3 is 2.52 bits per heavy atom. The third kappa shape index (κ3) is 6.40. The number of hydrogen-bond donors (Lipinski definition) is 1. The third-order valence-electron chi connectivity index (χ3n) is 4.70. The summed E-state index contributed by atoms with van der Waals surface area (Å²) in [6.07, 6.45) is 4.01. The first-order valence-corrected chi connectivity index (χ1v) is 9.37. The Morgan fingerprint density at radius 2 is 1.92 bits per heavy atom. The topological polar surface area (TPSA) is 47.9 Å². The summed E-state index contributed by atoms with van der Waals surface area (Å²) in [6, 6.07) is 10.8. The van der Waals surface area contributed by atoms with Crippen LogP contribution in [0.4, 0.5) is 0 Å². The lowest BCUT2D eigenvalue weighted by atomic mass is 9.90. The minimum Gasteiger partial charge on any atom is -0.357 e. The highest BCUT2D eigenvalue weighted by molar-refractivity contribution is 5.81. The number of guanidine groups is 1. The molecule has 1 aromatic carbocycles. The van der Waals surface area contributed by atoms with Gasteiger partial charge in [-0.1, -0.05) is 30.3 Å². The molecule has 138 valence electrons. The summed E-state index contributed by atoms with van der Waals surface area (Å²) in [4.78, 5) is 20.3. The Labute approximate surface area is 152 Å². The molecular weight excluding hydrogens is 312 g/mol. The second-order valence-electron chi connectivity index (χ2n) is 6.89. The molecule has 5 nitrogen and oxygen atoms in total. The maximum absolute atomic E-state index is 11.7. The molecule has 1 saturated heterocycles. The van der Waals surface area contributed by atoms with Gasteiger partial charge in [-0.15, -0.1) is 0 Å². The zero-order valence-corrected chi connectivity index (χ0v) is 15.9. The van der Waals surface area contributed by atoms with Gasteiger partial charge in [-0.3, -0.25) is 9.79 Å². The Balaban J connectivity index is 1.83. The van der Waals surface area contributed by atoms with E-state index < -0.39 is 0 Å². The quantitative estimate of drug-likeness (QED) is 0.637. The van der Waals surface area contributed by atoms with Crippen molar-refractivity contribution in [3.8, 4) is 0 Å². The van der Waals surface area contributed by atoms with Gasteiger partial charge in [0.15, 0.2) is 5.96 Å². The maximum Gasteiger partial charge on any atom is 0.223 e. The van der Waals surface area contributed by atoms with Crippen molar-refractivity contribution >= 4 is 11.9 Å². The highest BCUT2D eigenvalue weighted by Crippen LogP contribution is 2.21. The lowest BCUT2D eigenvalue weighted by Crippen LogP contribution is -2.46. The predicted molar refractivity (Wildman–Crippen MR) is 104 cm³/mol. The van der Waals surface area contributed by atoms with Crippen LogP contribution in [0.2, 0.25) is 0 Å². The van der Waals surface area contributed by atoms with Crippen LogP contribution >= 0.6 is 0 Å². The summed E-state index contributed by atoms with van der Waals surface area (Å²) in [6.45, 7) is 5.55. The van der Waals surface area contributed by atoms with Crippen LogP contribution in [0.15, 0.2) is 35.3 Å². The Hall–Kier alpha value is -2.04. The fraction of sp³-hybridized carbons (Fsp3) is 0.600. The number of carbonyl (C=O) groups is 1. The molecule has 1 aliphatic heterocycles. The molecule has 0 aromatic heterocycles. The van der Waals surface area contributed by atoms with E-state index in [4.69, 9.17) is 0 Å². The van der Waals surface area contributed by atoms with Crippen LogP contribution in [-0.4, -0.2) is 61.9 Å². The van der Waals surface area contributed by atoms with E-state index in [1.54, 1.807) is 19.0 Å². The molecule has 1 aromatic rings. The second-order valence-corrected chi connectivity index (χ2v) is 6.89. The molecule has 1 fully saturated rings. The number of aliphatic imine (C=N–C) groups is 1. The predicted octanol–water partition coefficient (Wildman–Crippen LogP) is 2.38. The van der Waals surface area contributed by atoms with Crippen molar-refractivity contribution in [1.82, 2.24) is 15.1 Å². The van der Waals surface area contributed by atoms with E-state index >= 15 is 0 Å². The van der Waals surface area contributed by atoms with Gasteiger partial charge in [0, 0.05) is 40.2 Å². The highest BCUT2D eigenvalue weighted by Gasteiger charge is 2.21. The van der Waals surface area contributed by atoms with Gasteiger partial charge in [0.1, 0.15) is 0 Å². The molecule has 0 atom stereocenters. The van der Waals surface area contributed by atoms with Gasteiger partial charge in [0.05, 0.1) is 6.54 Å². The molecule has 1 heterocycles. The zero-order valence-electron chi connectivity index (χ0n) is 15.9. The van der Waals surface area contributed by atoms with E-state index in [1.165, 1.54) is 24.8 Å². The number of carbonyl (C=O) groups excluding carboxylic acids is 1. The van der Waals surface area contributed by atoms with Crippen LogP contribution < -0.4 is 5.32 Å². The lowest BCUT2D eigenvalue weighted by Gasteiger charge is -2.34. The first-order chi connectivity index (χ1) is 12.1. The molecule has 1 amide bonds. The molecule has 5 heteroatoms. The molecule has 0 saturated carbocycles. The summed E-state index contributed by atoms with van der Waals surface area (Å²) in [5, 5.41) is 3.37. The minimum atomic E-state index is 0.126. The number of nitrogens with zero attached hydrogens (tertiary/aromatic N) is 3. The summed E-state index contributed by atoms with van der Waals surface area (Å²) in [7, 11) is 3.57. The number of likely N-dealkylation sites (tertiary alicyclic amines) is 1. The van der Waals surface area contributed by atoms with E-state index in [0.717, 1.165) is 31.5 Å². The molecule has 0 unspecified atom stereocenters. The fourth-order valence-electron chi connectivity index (χ4n) is 3.20. The zero-order chi connectivity index (χ0) is 18.1. The van der Waals surface area contributed by atoms with Crippen molar-refractivity contribution in [3.05, 3.63) is 35.9 Å². The lowest BCUT2D eigenvalue weighted by molar-refractivity contribution is -0.128. The van der Waals surface area contributed by atoms with Crippen molar-refractivity contribution in [2.24, 2.45) is 10.9 Å². The Bertz CT molecular complexity index is 548. The fourth-order valence-corrected chi connectivity index (χ4v) is 3.20. The molecule has 0 aliphatic carbocycles. The van der Waals surface area contributed by atoms with Gasteiger partial charge in [0.25, 0.3) is 0 Å². The second kappa shape index (κ2) is 10.1. The average Bonchev–Trinajstić information content (AvgIpc) is 2.62. The number of piperidine rings is 1. The number of hydrogen-bond acceptors (Lipinski definition) is 2. The monoisotopic (exact) mass is 344 g/mol. The van der Waals surface area contributed by atoms with Crippen molar-refractivity contribution in [3.63, 3.8) is 0 Å². The molecular formula is C20H32N4O. The van der Waals surface area contributed by atoms with Crippen molar-refractivity contribution in [1.29, 1.82) is 0 Å². The molecule has 0 bridgehead atoms. The van der Waals surface area contributed by atoms with Crippen molar-refractivity contribution < 1.29 is 4.79 Å². The number of rotatable bonds is 6. The summed E-state index contributed by atoms with van der Waals surface area (Å²) in [5.74, 6) is 1.82. The number of amides is 1. The molecule has 25 heavy (non-hydrogen) atoms. The van der Waals surface area contributed by atoms with Crippen LogP contribution in [0.1, 0.15) is 31.7 Å². The number of nitrogens with one attached hydrogen (secondary N) is 1. The van der Waals surface area contributed by atoms with Gasteiger partial charge in [0.2, 0.25) is 5.91 Å². The minimum absolute atomic E-state index is 0.126. The molecule has 0 radical (unpaired) electrons. The highest BCUT2D eigenvalue weighted by atomic mass is 16.2. The summed E-state index contributed by atoms with van der Waals surface area (Å²) >= 11 is 0. The van der Waals surface area contributed by atoms with Crippen LogP contribution in [0.3, 0.4) is 0 Å². The molecule has 2 rings (SSSR count). The largest absolute Gasteiger partial charge is 0.357 e. The van der Waals surface area contributed by atoms with E-state index in [1.807, 2.05) is 0 Å². The smallest absolute Gasteiger partial charge is 0.223 e. The number of benzene rings is 1. The summed E-state index contributed by atoms with van der Waals surface area (Å²) in [5.41, 5.74) is 1.43. The van der Waals surface area contributed by atoms with Crippen molar-refractivity contribution in [2.45, 2.75) is 32.6 Å². The van der Waals surface area contributed by atoms with Crippen molar-refractivity contribution in [2.75, 3.05) is 40.3 Å². The van der Waals surface area contributed by atoms with E-state index in [-0.39, 0.29) is 5.91 Å². The SMILES string of the molecule is CCNC(=NCCC(=O)N(C)C)N1CCC(Cc2ccccc2)CC1. The van der Waals surface area contributed by atoms with Crippen LogP contribution in [0.5, 0.6) is 0 Å². The van der Waals surface area contributed by atoms with Gasteiger partial charge in [-0.25, -0.2) is 0 Å².